The van der Waals surface area contributed by atoms with Gasteiger partial charge in [0, 0.05) is 17.4 Å². The summed E-state index contributed by atoms with van der Waals surface area (Å²) in [4.78, 5) is 11.9. The molecule has 0 saturated carbocycles. The van der Waals surface area contributed by atoms with E-state index in [9.17, 15) is 13.6 Å². The molecule has 0 aliphatic heterocycles. The van der Waals surface area contributed by atoms with Crippen LogP contribution in [0.2, 0.25) is 0 Å². The standard InChI is InChI=1S/C14H18BrF2NO2/c1-2-10(7-8-15)9-18-13(19)11-3-5-12(6-4-11)20-14(16)17/h3-6,10,14H,2,7-9H2,1H3,(H,18,19). The van der Waals surface area contributed by atoms with Crippen LogP contribution in [0.4, 0.5) is 8.78 Å². The number of rotatable bonds is 8. The topological polar surface area (TPSA) is 38.3 Å². The minimum atomic E-state index is -2.86. The number of hydrogen-bond donors (Lipinski definition) is 1. The molecular formula is C14H18BrF2NO2. The summed E-state index contributed by atoms with van der Waals surface area (Å²) in [6.07, 6.45) is 1.99. The second-order valence-corrected chi connectivity index (χ2v) is 5.16. The number of hydrogen-bond acceptors (Lipinski definition) is 2. The number of carbonyl (C=O) groups excluding carboxylic acids is 1. The van der Waals surface area contributed by atoms with Crippen LogP contribution in [-0.4, -0.2) is 24.4 Å². The van der Waals surface area contributed by atoms with Gasteiger partial charge >= 0.3 is 6.61 Å². The molecule has 1 rings (SSSR count). The van der Waals surface area contributed by atoms with Gasteiger partial charge in [-0.3, -0.25) is 4.79 Å². The summed E-state index contributed by atoms with van der Waals surface area (Å²) in [5.41, 5.74) is 0.431. The van der Waals surface area contributed by atoms with Crippen LogP contribution in [0.25, 0.3) is 0 Å². The number of nitrogens with one attached hydrogen (secondary N) is 1. The molecule has 0 aliphatic carbocycles. The molecule has 0 aliphatic rings. The number of carbonyl (C=O) groups is 1. The van der Waals surface area contributed by atoms with Gasteiger partial charge in [-0.05, 0) is 36.6 Å². The van der Waals surface area contributed by atoms with Gasteiger partial charge in [0.05, 0.1) is 0 Å². The molecule has 0 radical (unpaired) electrons. The predicted octanol–water partition coefficient (Wildman–Crippen LogP) is 3.83. The van der Waals surface area contributed by atoms with E-state index in [4.69, 9.17) is 0 Å². The average Bonchev–Trinajstić information content (AvgIpc) is 2.43. The lowest BCUT2D eigenvalue weighted by molar-refractivity contribution is -0.0498. The highest BCUT2D eigenvalue weighted by molar-refractivity contribution is 9.09. The number of alkyl halides is 3. The quantitative estimate of drug-likeness (QED) is 0.724. The molecule has 1 atom stereocenters. The van der Waals surface area contributed by atoms with Crippen LogP contribution < -0.4 is 10.1 Å². The normalized spacial score (nSPS) is 12.2. The molecule has 0 aromatic heterocycles. The number of ether oxygens (including phenoxy) is 1. The van der Waals surface area contributed by atoms with Gasteiger partial charge in [0.15, 0.2) is 0 Å². The summed E-state index contributed by atoms with van der Waals surface area (Å²) in [7, 11) is 0. The highest BCUT2D eigenvalue weighted by Crippen LogP contribution is 2.15. The zero-order valence-electron chi connectivity index (χ0n) is 11.2. The Labute approximate surface area is 125 Å². The molecule has 0 heterocycles. The van der Waals surface area contributed by atoms with Crippen LogP contribution in [-0.2, 0) is 0 Å². The molecule has 112 valence electrons. The highest BCUT2D eigenvalue weighted by Gasteiger charge is 2.10. The third-order valence-electron chi connectivity index (χ3n) is 2.99. The van der Waals surface area contributed by atoms with Gasteiger partial charge in [-0.15, -0.1) is 0 Å². The van der Waals surface area contributed by atoms with Gasteiger partial charge < -0.3 is 10.1 Å². The SMILES string of the molecule is CCC(CCBr)CNC(=O)c1ccc(OC(F)F)cc1. The lowest BCUT2D eigenvalue weighted by atomic mass is 10.0. The van der Waals surface area contributed by atoms with Gasteiger partial charge in [0.1, 0.15) is 5.75 Å². The van der Waals surface area contributed by atoms with Crippen molar-refractivity contribution in [1.82, 2.24) is 5.32 Å². The largest absolute Gasteiger partial charge is 0.435 e. The monoisotopic (exact) mass is 349 g/mol. The van der Waals surface area contributed by atoms with Gasteiger partial charge in [-0.1, -0.05) is 29.3 Å². The minimum Gasteiger partial charge on any atom is -0.435 e. The second-order valence-electron chi connectivity index (χ2n) is 4.36. The maximum absolute atomic E-state index is 12.0. The van der Waals surface area contributed by atoms with Crippen molar-refractivity contribution in [2.75, 3.05) is 11.9 Å². The zero-order valence-corrected chi connectivity index (χ0v) is 12.8. The van der Waals surface area contributed by atoms with Crippen LogP contribution in [0.3, 0.4) is 0 Å². The minimum absolute atomic E-state index is 0.0438. The van der Waals surface area contributed by atoms with E-state index in [2.05, 4.69) is 32.9 Å². The molecule has 0 spiro atoms. The molecular weight excluding hydrogens is 332 g/mol. The van der Waals surface area contributed by atoms with Crippen molar-refractivity contribution in [2.24, 2.45) is 5.92 Å². The molecule has 1 aromatic rings. The molecule has 3 nitrogen and oxygen atoms in total. The van der Waals surface area contributed by atoms with Crippen molar-refractivity contribution in [3.8, 4) is 5.75 Å². The van der Waals surface area contributed by atoms with Gasteiger partial charge in [-0.2, -0.15) is 8.78 Å². The molecule has 20 heavy (non-hydrogen) atoms. The highest BCUT2D eigenvalue weighted by atomic mass is 79.9. The molecule has 1 amide bonds. The van der Waals surface area contributed by atoms with Crippen LogP contribution in [0.1, 0.15) is 30.1 Å². The van der Waals surface area contributed by atoms with Crippen molar-refractivity contribution >= 4 is 21.8 Å². The summed E-state index contributed by atoms with van der Waals surface area (Å²) < 4.78 is 28.2. The maximum Gasteiger partial charge on any atom is 0.387 e. The third-order valence-corrected chi connectivity index (χ3v) is 3.45. The lowest BCUT2D eigenvalue weighted by Gasteiger charge is -2.14. The van der Waals surface area contributed by atoms with E-state index < -0.39 is 6.61 Å². The predicted molar refractivity (Wildman–Crippen MR) is 77.6 cm³/mol. The van der Waals surface area contributed by atoms with Crippen molar-refractivity contribution in [2.45, 2.75) is 26.4 Å². The molecule has 6 heteroatoms. The van der Waals surface area contributed by atoms with E-state index in [0.717, 1.165) is 18.2 Å². The molecule has 1 N–H and O–H groups in total. The Hall–Kier alpha value is -1.17. The van der Waals surface area contributed by atoms with E-state index in [1.165, 1.54) is 24.3 Å². The second kappa shape index (κ2) is 8.89. The summed E-state index contributed by atoms with van der Waals surface area (Å²) >= 11 is 3.38. The first kappa shape index (κ1) is 16.9. The Bertz CT molecular complexity index is 412. The smallest absolute Gasteiger partial charge is 0.387 e. The zero-order chi connectivity index (χ0) is 15.0. The van der Waals surface area contributed by atoms with E-state index in [1.807, 2.05) is 0 Å². The van der Waals surface area contributed by atoms with Crippen LogP contribution in [0, 0.1) is 5.92 Å². The van der Waals surface area contributed by atoms with Gasteiger partial charge in [0.25, 0.3) is 5.91 Å². The fourth-order valence-corrected chi connectivity index (χ4v) is 2.38. The third kappa shape index (κ3) is 5.86. The fraction of sp³-hybridized carbons (Fsp3) is 0.500. The van der Waals surface area contributed by atoms with E-state index in [-0.39, 0.29) is 11.7 Å². The first-order chi connectivity index (χ1) is 9.56. The number of amides is 1. The maximum atomic E-state index is 12.0. The Morgan fingerprint density at radius 2 is 2.00 bits per heavy atom. The van der Waals surface area contributed by atoms with Crippen molar-refractivity contribution in [3.63, 3.8) is 0 Å². The Morgan fingerprint density at radius 1 is 1.35 bits per heavy atom. The fourth-order valence-electron chi connectivity index (χ4n) is 1.73. The summed E-state index contributed by atoms with van der Waals surface area (Å²) in [5.74, 6) is 0.267. The summed E-state index contributed by atoms with van der Waals surface area (Å²) in [6.45, 7) is -0.171. The number of benzene rings is 1. The van der Waals surface area contributed by atoms with Gasteiger partial charge in [0.2, 0.25) is 0 Å². The van der Waals surface area contributed by atoms with Crippen molar-refractivity contribution in [1.29, 1.82) is 0 Å². The van der Waals surface area contributed by atoms with Crippen LogP contribution in [0.5, 0.6) is 5.75 Å². The number of halogens is 3. The average molecular weight is 350 g/mol. The Balaban J connectivity index is 2.51. The molecule has 0 fully saturated rings. The molecule has 1 aromatic carbocycles. The molecule has 1 unspecified atom stereocenters. The summed E-state index contributed by atoms with van der Waals surface area (Å²) in [5, 5.41) is 3.75. The van der Waals surface area contributed by atoms with E-state index >= 15 is 0 Å². The van der Waals surface area contributed by atoms with Crippen molar-refractivity contribution < 1.29 is 18.3 Å². The van der Waals surface area contributed by atoms with E-state index in [0.29, 0.717) is 18.0 Å². The van der Waals surface area contributed by atoms with Gasteiger partial charge in [-0.25, -0.2) is 0 Å². The van der Waals surface area contributed by atoms with Crippen LogP contribution in [0.15, 0.2) is 24.3 Å². The van der Waals surface area contributed by atoms with Crippen molar-refractivity contribution in [3.05, 3.63) is 29.8 Å². The Morgan fingerprint density at radius 3 is 2.50 bits per heavy atom. The lowest BCUT2D eigenvalue weighted by Crippen LogP contribution is -2.29. The molecule has 0 saturated heterocycles. The first-order valence-corrected chi connectivity index (χ1v) is 7.58. The summed E-state index contributed by atoms with van der Waals surface area (Å²) in [6, 6.07) is 5.66. The van der Waals surface area contributed by atoms with E-state index in [1.54, 1.807) is 0 Å². The Kier molecular flexibility index (Phi) is 7.51. The first-order valence-electron chi connectivity index (χ1n) is 6.45. The van der Waals surface area contributed by atoms with Crippen LogP contribution >= 0.6 is 15.9 Å². The molecule has 0 bridgehead atoms.